The van der Waals surface area contributed by atoms with Crippen LogP contribution in [0.25, 0.3) is 22.2 Å². The molecule has 0 saturated heterocycles. The Bertz CT molecular complexity index is 1090. The summed E-state index contributed by atoms with van der Waals surface area (Å²) in [7, 11) is 0. The molecule has 3 aromatic heterocycles. The van der Waals surface area contributed by atoms with E-state index in [4.69, 9.17) is 5.73 Å². The molecule has 0 radical (unpaired) electrons. The third-order valence-electron chi connectivity index (χ3n) is 3.60. The molecule has 0 atom stereocenters. The molecule has 0 aliphatic carbocycles. The largest absolute Gasteiger partial charge is 0.382 e. The summed E-state index contributed by atoms with van der Waals surface area (Å²) in [4.78, 5) is 33.4. The number of fused-ring (bicyclic) bond motifs is 2. The number of nitrogen functional groups attached to an aromatic ring is 1. The summed E-state index contributed by atoms with van der Waals surface area (Å²) in [5.41, 5.74) is 8.33. The molecule has 0 aliphatic heterocycles. The zero-order valence-electron chi connectivity index (χ0n) is 12.8. The molecule has 0 spiro atoms. The maximum Gasteiger partial charge on any atom is 0.271 e. The molecular weight excluding hydrogens is 344 g/mol. The number of rotatable bonds is 5. The summed E-state index contributed by atoms with van der Waals surface area (Å²) < 4.78 is 0. The molecule has 3 heterocycles. The van der Waals surface area contributed by atoms with Crippen LogP contribution in [-0.2, 0) is 6.42 Å². The van der Waals surface area contributed by atoms with Crippen LogP contribution in [0.4, 0.5) is 11.5 Å². The minimum absolute atomic E-state index is 0.0399. The number of nitrogens with two attached hydrogens (primary N) is 1. The average Bonchev–Trinajstić information content (AvgIpc) is 3.18. The number of H-pyrrole nitrogens is 2. The van der Waals surface area contributed by atoms with Crippen molar-refractivity contribution < 1.29 is 4.92 Å². The lowest BCUT2D eigenvalue weighted by Gasteiger charge is -1.95. The lowest BCUT2D eigenvalue weighted by molar-refractivity contribution is -0.384. The molecule has 10 nitrogen and oxygen atoms in total. The number of anilines is 1. The average molecular weight is 356 g/mol. The monoisotopic (exact) mass is 356 g/mol. The van der Waals surface area contributed by atoms with Crippen molar-refractivity contribution in [3.63, 3.8) is 0 Å². The van der Waals surface area contributed by atoms with Crippen LogP contribution in [0.15, 0.2) is 29.7 Å². The third-order valence-corrected chi connectivity index (χ3v) is 4.47. The maximum atomic E-state index is 10.8. The van der Waals surface area contributed by atoms with Gasteiger partial charge in [-0.05, 0) is 6.07 Å². The molecule has 4 aromatic rings. The molecule has 25 heavy (non-hydrogen) atoms. The third kappa shape index (κ3) is 2.96. The van der Waals surface area contributed by atoms with Crippen LogP contribution in [0.2, 0.25) is 0 Å². The molecule has 4 N–H and O–H groups in total. The van der Waals surface area contributed by atoms with Crippen LogP contribution in [-0.4, -0.2) is 40.6 Å². The van der Waals surface area contributed by atoms with E-state index in [1.165, 1.54) is 30.2 Å². The Morgan fingerprint density at radius 3 is 2.92 bits per heavy atom. The number of nitrogens with one attached hydrogen (secondary N) is 2. The van der Waals surface area contributed by atoms with E-state index in [1.807, 2.05) is 0 Å². The molecule has 4 rings (SSSR count). The van der Waals surface area contributed by atoms with Crippen molar-refractivity contribution >= 4 is 45.5 Å². The Hall–Kier alpha value is -3.21. The van der Waals surface area contributed by atoms with Gasteiger partial charge in [-0.3, -0.25) is 10.1 Å². The molecule has 0 unspecified atom stereocenters. The van der Waals surface area contributed by atoms with E-state index < -0.39 is 4.92 Å². The fourth-order valence-corrected chi connectivity index (χ4v) is 3.23. The van der Waals surface area contributed by atoms with Crippen LogP contribution in [0, 0.1) is 10.1 Å². The number of nitro groups is 1. The van der Waals surface area contributed by atoms with Crippen molar-refractivity contribution in [3.8, 4) is 0 Å². The fraction of sp³-hybridized carbons (Fsp3) is 0.143. The SMILES string of the molecule is Nc1ncnc2nc(SCCc3nc4ccc([N+](=O)[O-])cc4[nH]3)[nH]c12. The van der Waals surface area contributed by atoms with Gasteiger partial charge in [-0.1, -0.05) is 11.8 Å². The number of aryl methyl sites for hydroxylation is 1. The van der Waals surface area contributed by atoms with Crippen molar-refractivity contribution in [3.05, 3.63) is 40.5 Å². The topological polar surface area (TPSA) is 152 Å². The first-order valence-corrected chi connectivity index (χ1v) is 8.31. The van der Waals surface area contributed by atoms with Gasteiger partial charge in [0.15, 0.2) is 16.6 Å². The number of nitro benzene ring substituents is 1. The van der Waals surface area contributed by atoms with Crippen LogP contribution >= 0.6 is 11.8 Å². The van der Waals surface area contributed by atoms with Gasteiger partial charge < -0.3 is 15.7 Å². The Morgan fingerprint density at radius 1 is 1.24 bits per heavy atom. The predicted molar refractivity (Wildman–Crippen MR) is 93.3 cm³/mol. The standard InChI is InChI=1S/C14H12N8O2S/c15-12-11-13(17-6-16-12)21-14(20-11)25-4-3-10-18-8-2-1-7(22(23)24)5-9(8)19-10/h1-2,5-6H,3-4H2,(H,18,19)(H3,15,16,17,20,21). The van der Waals surface area contributed by atoms with Crippen molar-refractivity contribution in [1.29, 1.82) is 0 Å². The Kier molecular flexibility index (Phi) is 3.69. The summed E-state index contributed by atoms with van der Waals surface area (Å²) in [5.74, 6) is 1.84. The molecular formula is C14H12N8O2S. The minimum Gasteiger partial charge on any atom is -0.382 e. The van der Waals surface area contributed by atoms with Gasteiger partial charge in [0.25, 0.3) is 5.69 Å². The minimum atomic E-state index is -0.425. The first-order valence-electron chi connectivity index (χ1n) is 7.32. The van der Waals surface area contributed by atoms with Gasteiger partial charge in [0.1, 0.15) is 17.7 Å². The lowest BCUT2D eigenvalue weighted by Crippen LogP contribution is -1.92. The van der Waals surface area contributed by atoms with Crippen LogP contribution < -0.4 is 5.73 Å². The molecule has 0 saturated carbocycles. The van der Waals surface area contributed by atoms with E-state index in [9.17, 15) is 10.1 Å². The molecule has 0 amide bonds. The maximum absolute atomic E-state index is 10.8. The number of aromatic nitrogens is 6. The number of thioether (sulfide) groups is 1. The number of hydrogen-bond donors (Lipinski definition) is 3. The van der Waals surface area contributed by atoms with Gasteiger partial charge >= 0.3 is 0 Å². The van der Waals surface area contributed by atoms with Gasteiger partial charge in [0, 0.05) is 24.3 Å². The number of imidazole rings is 2. The first-order chi connectivity index (χ1) is 12.1. The van der Waals surface area contributed by atoms with Crippen molar-refractivity contribution in [2.45, 2.75) is 11.6 Å². The number of aromatic amines is 2. The summed E-state index contributed by atoms with van der Waals surface area (Å²) in [6, 6.07) is 4.57. The van der Waals surface area contributed by atoms with Crippen LogP contribution in [0.3, 0.4) is 0 Å². The van der Waals surface area contributed by atoms with Crippen LogP contribution in [0.1, 0.15) is 5.82 Å². The highest BCUT2D eigenvalue weighted by atomic mass is 32.2. The smallest absolute Gasteiger partial charge is 0.271 e. The Labute approximate surface area is 144 Å². The molecule has 0 aliphatic rings. The van der Waals surface area contributed by atoms with E-state index in [-0.39, 0.29) is 5.69 Å². The number of non-ortho nitro benzene ring substituents is 1. The highest BCUT2D eigenvalue weighted by molar-refractivity contribution is 7.99. The lowest BCUT2D eigenvalue weighted by atomic mass is 10.3. The second-order valence-electron chi connectivity index (χ2n) is 5.24. The normalized spacial score (nSPS) is 11.4. The van der Waals surface area contributed by atoms with Gasteiger partial charge in [-0.25, -0.2) is 19.9 Å². The van der Waals surface area contributed by atoms with E-state index >= 15 is 0 Å². The summed E-state index contributed by atoms with van der Waals surface area (Å²) in [6.07, 6.45) is 2.03. The quantitative estimate of drug-likeness (QED) is 0.279. The molecule has 126 valence electrons. The van der Waals surface area contributed by atoms with Crippen molar-refractivity contribution in [1.82, 2.24) is 29.9 Å². The molecule has 1 aromatic carbocycles. The van der Waals surface area contributed by atoms with Gasteiger partial charge in [0.05, 0.1) is 16.0 Å². The summed E-state index contributed by atoms with van der Waals surface area (Å²) in [5, 5.41) is 11.5. The van der Waals surface area contributed by atoms with E-state index in [0.29, 0.717) is 39.6 Å². The summed E-state index contributed by atoms with van der Waals surface area (Å²) in [6.45, 7) is 0. The van der Waals surface area contributed by atoms with E-state index in [1.54, 1.807) is 6.07 Å². The highest BCUT2D eigenvalue weighted by Gasteiger charge is 2.11. The zero-order valence-corrected chi connectivity index (χ0v) is 13.6. The molecule has 11 heteroatoms. The number of hydrogen-bond acceptors (Lipinski definition) is 8. The number of nitrogens with zero attached hydrogens (tertiary/aromatic N) is 5. The Morgan fingerprint density at radius 2 is 2.12 bits per heavy atom. The fourth-order valence-electron chi connectivity index (χ4n) is 2.42. The molecule has 0 fully saturated rings. The number of benzene rings is 1. The summed E-state index contributed by atoms with van der Waals surface area (Å²) >= 11 is 1.51. The van der Waals surface area contributed by atoms with Gasteiger partial charge in [-0.15, -0.1) is 0 Å². The van der Waals surface area contributed by atoms with E-state index in [0.717, 1.165) is 11.6 Å². The second-order valence-corrected chi connectivity index (χ2v) is 6.32. The van der Waals surface area contributed by atoms with Crippen molar-refractivity contribution in [2.75, 3.05) is 11.5 Å². The van der Waals surface area contributed by atoms with E-state index in [2.05, 4.69) is 29.9 Å². The van der Waals surface area contributed by atoms with Gasteiger partial charge in [-0.2, -0.15) is 0 Å². The Balaban J connectivity index is 1.46. The highest BCUT2D eigenvalue weighted by Crippen LogP contribution is 2.22. The predicted octanol–water partition coefficient (Wildman–Crippen LogP) is 2.05. The van der Waals surface area contributed by atoms with Crippen molar-refractivity contribution in [2.24, 2.45) is 0 Å². The molecule has 0 bridgehead atoms. The van der Waals surface area contributed by atoms with Crippen LogP contribution in [0.5, 0.6) is 0 Å². The first kappa shape index (κ1) is 15.3. The zero-order chi connectivity index (χ0) is 17.4. The second kappa shape index (κ2) is 6.02. The van der Waals surface area contributed by atoms with Gasteiger partial charge in [0.2, 0.25) is 0 Å².